The number of para-hydroxylation sites is 1. The number of hydrogen-bond donors (Lipinski definition) is 1. The number of rotatable bonds is 2. The van der Waals surface area contributed by atoms with Crippen LogP contribution in [0.1, 0.15) is 30.5 Å². The number of hydrogen-bond acceptors (Lipinski definition) is 2. The zero-order chi connectivity index (χ0) is 15.9. The van der Waals surface area contributed by atoms with E-state index in [1.807, 2.05) is 25.1 Å². The van der Waals surface area contributed by atoms with Crippen LogP contribution in [0.3, 0.4) is 0 Å². The van der Waals surface area contributed by atoms with Crippen molar-refractivity contribution < 1.29 is 5.11 Å². The van der Waals surface area contributed by atoms with Crippen molar-refractivity contribution in [3.05, 3.63) is 65.2 Å². The van der Waals surface area contributed by atoms with E-state index in [1.165, 1.54) is 11.3 Å². The molecule has 0 saturated carbocycles. The van der Waals surface area contributed by atoms with Gasteiger partial charge in [0.15, 0.2) is 0 Å². The van der Waals surface area contributed by atoms with Crippen LogP contribution >= 0.6 is 0 Å². The molecule has 3 rings (SSSR count). The third-order valence-electron chi connectivity index (χ3n) is 4.78. The summed E-state index contributed by atoms with van der Waals surface area (Å²) >= 11 is 0. The number of fused-ring (bicyclic) bond motifs is 1. The van der Waals surface area contributed by atoms with Gasteiger partial charge in [-0.2, -0.15) is 0 Å². The first kappa shape index (κ1) is 14.7. The number of benzene rings is 2. The molecule has 0 bridgehead atoms. The van der Waals surface area contributed by atoms with Crippen molar-refractivity contribution in [1.29, 1.82) is 0 Å². The van der Waals surface area contributed by atoms with Gasteiger partial charge in [0.05, 0.1) is 6.04 Å². The Morgan fingerprint density at radius 3 is 2.59 bits per heavy atom. The van der Waals surface area contributed by atoms with E-state index >= 15 is 0 Å². The molecule has 1 atom stereocenters. The maximum Gasteiger partial charge on any atom is 0.122 e. The van der Waals surface area contributed by atoms with Gasteiger partial charge in [-0.05, 0) is 30.7 Å². The molecule has 0 amide bonds. The monoisotopic (exact) mass is 293 g/mol. The Balaban J connectivity index is 1.96. The highest BCUT2D eigenvalue weighted by atomic mass is 16.3. The highest BCUT2D eigenvalue weighted by Crippen LogP contribution is 2.44. The number of aromatic hydroxyl groups is 1. The lowest BCUT2D eigenvalue weighted by molar-refractivity contribution is 0.473. The third kappa shape index (κ3) is 2.29. The molecule has 2 aromatic carbocycles. The van der Waals surface area contributed by atoms with Crippen LogP contribution < -0.4 is 4.90 Å². The van der Waals surface area contributed by atoms with Crippen LogP contribution in [0.2, 0.25) is 0 Å². The zero-order valence-corrected chi connectivity index (χ0v) is 13.7. The normalized spacial score (nSPS) is 19.6. The number of anilines is 1. The Labute approximate surface area is 132 Å². The van der Waals surface area contributed by atoms with Crippen molar-refractivity contribution in [2.75, 3.05) is 11.9 Å². The molecule has 0 fully saturated rings. The van der Waals surface area contributed by atoms with Crippen LogP contribution in [0, 0.1) is 6.92 Å². The molecule has 2 aromatic rings. The minimum atomic E-state index is 0.0429. The molecule has 1 heterocycles. The summed E-state index contributed by atoms with van der Waals surface area (Å²) in [5.41, 5.74) is 4.73. The number of phenols is 1. The summed E-state index contributed by atoms with van der Waals surface area (Å²) in [7, 11) is 2.14. The fourth-order valence-corrected chi connectivity index (χ4v) is 3.49. The van der Waals surface area contributed by atoms with E-state index in [0.29, 0.717) is 5.75 Å². The van der Waals surface area contributed by atoms with Gasteiger partial charge in [-0.25, -0.2) is 0 Å². The Kier molecular flexibility index (Phi) is 3.48. The summed E-state index contributed by atoms with van der Waals surface area (Å²) in [5.74, 6) is 0.331. The molecule has 0 aromatic heterocycles. The molecule has 2 heteroatoms. The predicted molar refractivity (Wildman–Crippen MR) is 93.5 cm³/mol. The number of likely N-dealkylation sites (N-methyl/N-ethyl adjacent to an activating group) is 1. The van der Waals surface area contributed by atoms with Gasteiger partial charge in [-0.3, -0.25) is 0 Å². The van der Waals surface area contributed by atoms with Crippen molar-refractivity contribution >= 4 is 11.8 Å². The van der Waals surface area contributed by atoms with Crippen LogP contribution in [0.25, 0.3) is 6.08 Å². The van der Waals surface area contributed by atoms with Crippen LogP contribution in [-0.2, 0) is 5.41 Å². The van der Waals surface area contributed by atoms with Crippen molar-refractivity contribution in [3.63, 3.8) is 0 Å². The molecule has 0 aliphatic carbocycles. The summed E-state index contributed by atoms with van der Waals surface area (Å²) in [6.07, 6.45) is 4.24. The maximum atomic E-state index is 10.0. The van der Waals surface area contributed by atoms with Crippen LogP contribution in [0.15, 0.2) is 48.5 Å². The third-order valence-corrected chi connectivity index (χ3v) is 4.78. The number of nitrogens with zero attached hydrogens (tertiary/aromatic N) is 1. The summed E-state index contributed by atoms with van der Waals surface area (Å²) in [6.45, 7) is 6.60. The van der Waals surface area contributed by atoms with Gasteiger partial charge in [0.25, 0.3) is 0 Å². The fourth-order valence-electron chi connectivity index (χ4n) is 3.49. The summed E-state index contributed by atoms with van der Waals surface area (Å²) in [5, 5.41) is 10.0. The lowest BCUT2D eigenvalue weighted by Gasteiger charge is -2.29. The molecule has 1 N–H and O–H groups in total. The number of phenolic OH excluding ortho intramolecular Hbond substituents is 1. The van der Waals surface area contributed by atoms with Gasteiger partial charge in [0.2, 0.25) is 0 Å². The van der Waals surface area contributed by atoms with Gasteiger partial charge in [0, 0.05) is 23.7 Å². The minimum Gasteiger partial charge on any atom is -0.507 e. The lowest BCUT2D eigenvalue weighted by atomic mass is 9.80. The molecular formula is C20H23NO. The average Bonchev–Trinajstić information content (AvgIpc) is 2.68. The smallest absolute Gasteiger partial charge is 0.122 e. The van der Waals surface area contributed by atoms with Gasteiger partial charge < -0.3 is 10.0 Å². The van der Waals surface area contributed by atoms with E-state index in [1.54, 1.807) is 6.07 Å². The largest absolute Gasteiger partial charge is 0.507 e. The molecule has 0 radical (unpaired) electrons. The molecule has 1 unspecified atom stereocenters. The second-order valence-corrected chi connectivity index (χ2v) is 6.72. The second kappa shape index (κ2) is 5.20. The van der Waals surface area contributed by atoms with E-state index in [9.17, 15) is 5.11 Å². The van der Waals surface area contributed by atoms with Crippen molar-refractivity contribution in [1.82, 2.24) is 0 Å². The first-order valence-electron chi connectivity index (χ1n) is 7.71. The Hall–Kier alpha value is -2.22. The molecule has 0 saturated heterocycles. The number of aryl methyl sites for hydroxylation is 1. The first-order chi connectivity index (χ1) is 10.4. The highest BCUT2D eigenvalue weighted by Gasteiger charge is 2.41. The SMILES string of the molecule is Cc1ccc(O)c(/C=C/C2N(C)c3ccccc3C2(C)C)c1. The van der Waals surface area contributed by atoms with E-state index in [2.05, 4.69) is 56.1 Å². The standard InChI is InChI=1S/C20H23NO/c1-14-9-11-18(22)15(13-14)10-12-19-20(2,3)16-7-5-6-8-17(16)21(19)4/h5-13,19,22H,1-4H3/b12-10+. The zero-order valence-electron chi connectivity index (χ0n) is 13.7. The molecule has 1 aliphatic heterocycles. The van der Waals surface area contributed by atoms with Crippen LogP contribution in [0.4, 0.5) is 5.69 Å². The molecule has 114 valence electrons. The molecular weight excluding hydrogens is 270 g/mol. The average molecular weight is 293 g/mol. The van der Waals surface area contributed by atoms with E-state index < -0.39 is 0 Å². The molecule has 1 aliphatic rings. The second-order valence-electron chi connectivity index (χ2n) is 6.72. The van der Waals surface area contributed by atoms with E-state index in [-0.39, 0.29) is 11.5 Å². The Morgan fingerprint density at radius 2 is 1.86 bits per heavy atom. The molecule has 2 nitrogen and oxygen atoms in total. The first-order valence-corrected chi connectivity index (χ1v) is 7.71. The summed E-state index contributed by atoms with van der Waals surface area (Å²) < 4.78 is 0. The minimum absolute atomic E-state index is 0.0429. The van der Waals surface area contributed by atoms with E-state index in [0.717, 1.165) is 11.1 Å². The van der Waals surface area contributed by atoms with E-state index in [4.69, 9.17) is 0 Å². The van der Waals surface area contributed by atoms with Gasteiger partial charge >= 0.3 is 0 Å². The molecule has 0 spiro atoms. The molecule has 22 heavy (non-hydrogen) atoms. The maximum absolute atomic E-state index is 10.0. The summed E-state index contributed by atoms with van der Waals surface area (Å²) in [6, 6.07) is 14.5. The lowest BCUT2D eigenvalue weighted by Crippen LogP contribution is -2.37. The van der Waals surface area contributed by atoms with Crippen molar-refractivity contribution in [2.24, 2.45) is 0 Å². The summed E-state index contributed by atoms with van der Waals surface area (Å²) in [4.78, 5) is 2.32. The van der Waals surface area contributed by atoms with Crippen LogP contribution in [0.5, 0.6) is 5.75 Å². The van der Waals surface area contributed by atoms with Crippen LogP contribution in [-0.4, -0.2) is 18.2 Å². The fraction of sp³-hybridized carbons (Fsp3) is 0.300. The van der Waals surface area contributed by atoms with Gasteiger partial charge in [-0.1, -0.05) is 55.8 Å². The van der Waals surface area contributed by atoms with Crippen molar-refractivity contribution in [3.8, 4) is 5.75 Å². The highest BCUT2D eigenvalue weighted by molar-refractivity contribution is 5.67. The quantitative estimate of drug-likeness (QED) is 0.880. The van der Waals surface area contributed by atoms with Gasteiger partial charge in [-0.15, -0.1) is 0 Å². The predicted octanol–water partition coefficient (Wildman–Crippen LogP) is 4.51. The Morgan fingerprint density at radius 1 is 1.14 bits per heavy atom. The van der Waals surface area contributed by atoms with Crippen molar-refractivity contribution in [2.45, 2.75) is 32.2 Å². The topological polar surface area (TPSA) is 23.5 Å². The van der Waals surface area contributed by atoms with Gasteiger partial charge in [0.1, 0.15) is 5.75 Å². The Bertz CT molecular complexity index is 730.